The predicted molar refractivity (Wildman–Crippen MR) is 122 cm³/mol. The van der Waals surface area contributed by atoms with Crippen LogP contribution >= 0.6 is 11.6 Å². The summed E-state index contributed by atoms with van der Waals surface area (Å²) in [6, 6.07) is 12.8. The van der Waals surface area contributed by atoms with Gasteiger partial charge in [-0.1, -0.05) is 41.9 Å². The molecule has 9 heteroatoms. The number of fused-ring (bicyclic) bond motifs is 3. The van der Waals surface area contributed by atoms with E-state index in [9.17, 15) is 13.2 Å². The third kappa shape index (κ3) is 4.35. The van der Waals surface area contributed by atoms with E-state index in [4.69, 9.17) is 25.8 Å². The van der Waals surface area contributed by atoms with E-state index in [1.54, 1.807) is 17.0 Å². The molecular weight excluding hydrogens is 457 g/mol. The molecule has 0 fully saturated rings. The zero-order chi connectivity index (χ0) is 23.4. The molecule has 5 nitrogen and oxygen atoms in total. The average Bonchev–Trinajstić information content (AvgIpc) is 3.16. The number of pyridine rings is 1. The van der Waals surface area contributed by atoms with Crippen molar-refractivity contribution in [1.29, 1.82) is 0 Å². The molecule has 0 N–H and O–H groups in total. The normalized spacial score (nSPS) is 14.6. The Morgan fingerprint density at radius 2 is 1.67 bits per heavy atom. The maximum absolute atomic E-state index is 13.2. The van der Waals surface area contributed by atoms with Gasteiger partial charge in [-0.25, -0.2) is 18.2 Å². The van der Waals surface area contributed by atoms with Crippen molar-refractivity contribution in [2.45, 2.75) is 19.3 Å². The van der Waals surface area contributed by atoms with E-state index in [2.05, 4.69) is 4.98 Å². The van der Waals surface area contributed by atoms with Crippen LogP contribution in [0.2, 0.25) is 5.15 Å². The molecule has 176 valence electrons. The van der Waals surface area contributed by atoms with Crippen LogP contribution in [0.1, 0.15) is 11.1 Å². The molecule has 0 unspecified atom stereocenters. The number of hydrogen-bond acceptors (Lipinski definition) is 5. The van der Waals surface area contributed by atoms with E-state index in [-0.39, 0.29) is 31.4 Å². The van der Waals surface area contributed by atoms with Crippen LogP contribution in [0.5, 0.6) is 5.75 Å². The molecule has 0 amide bonds. The summed E-state index contributed by atoms with van der Waals surface area (Å²) < 4.78 is 56.6. The van der Waals surface area contributed by atoms with Gasteiger partial charge in [0.05, 0.1) is 25.3 Å². The zero-order valence-electron chi connectivity index (χ0n) is 18.1. The van der Waals surface area contributed by atoms with Gasteiger partial charge in [0, 0.05) is 16.6 Å². The van der Waals surface area contributed by atoms with Crippen molar-refractivity contribution in [3.8, 4) is 5.75 Å². The standard InChI is InChI=1S/C24H24ClF3N2O3/c1-16-5-2-3-7-19(16)30-22-17-6-4-8-20(31-12-9-26)21(17)29-23(25)18(22)15-24(30,32-13-10-27)33-14-11-28/h2-8H,9-15H2,1H3. The van der Waals surface area contributed by atoms with Crippen LogP contribution in [0.3, 0.4) is 0 Å². The van der Waals surface area contributed by atoms with E-state index in [1.165, 1.54) is 0 Å². The third-order valence-electron chi connectivity index (χ3n) is 5.46. The number of anilines is 2. The van der Waals surface area contributed by atoms with Gasteiger partial charge in [-0.15, -0.1) is 0 Å². The monoisotopic (exact) mass is 480 g/mol. The molecule has 4 rings (SSSR count). The van der Waals surface area contributed by atoms with Crippen LogP contribution in [0.4, 0.5) is 24.5 Å². The zero-order valence-corrected chi connectivity index (χ0v) is 18.9. The Morgan fingerprint density at radius 1 is 0.970 bits per heavy atom. The van der Waals surface area contributed by atoms with Crippen molar-refractivity contribution in [1.82, 2.24) is 4.98 Å². The van der Waals surface area contributed by atoms with Crippen LogP contribution < -0.4 is 9.64 Å². The molecular formula is C24H24ClF3N2O3. The van der Waals surface area contributed by atoms with Crippen molar-refractivity contribution in [2.24, 2.45) is 0 Å². The summed E-state index contributed by atoms with van der Waals surface area (Å²) in [6.07, 6.45) is 0.105. The summed E-state index contributed by atoms with van der Waals surface area (Å²) in [4.78, 5) is 6.30. The number of nitrogens with zero attached hydrogens (tertiary/aromatic N) is 2. The summed E-state index contributed by atoms with van der Waals surface area (Å²) in [7, 11) is 0. The second kappa shape index (κ2) is 10.2. The van der Waals surface area contributed by atoms with E-state index >= 15 is 0 Å². The minimum atomic E-state index is -1.53. The first-order valence-corrected chi connectivity index (χ1v) is 11.0. The predicted octanol–water partition coefficient (Wildman–Crippen LogP) is 5.87. The fourth-order valence-electron chi connectivity index (χ4n) is 4.19. The van der Waals surface area contributed by atoms with Gasteiger partial charge in [0.15, 0.2) is 0 Å². The van der Waals surface area contributed by atoms with E-state index in [0.29, 0.717) is 27.9 Å². The lowest BCUT2D eigenvalue weighted by molar-refractivity contribution is -0.229. The summed E-state index contributed by atoms with van der Waals surface area (Å²) in [5.74, 6) is -1.14. The lowest BCUT2D eigenvalue weighted by Gasteiger charge is -2.40. The highest BCUT2D eigenvalue weighted by atomic mass is 35.5. The molecule has 33 heavy (non-hydrogen) atoms. The third-order valence-corrected chi connectivity index (χ3v) is 5.78. The first-order valence-electron chi connectivity index (χ1n) is 10.6. The summed E-state index contributed by atoms with van der Waals surface area (Å²) in [6.45, 7) is -0.850. The van der Waals surface area contributed by atoms with E-state index < -0.39 is 25.9 Å². The number of aromatic nitrogens is 1. The maximum Gasteiger partial charge on any atom is 0.260 e. The molecule has 0 bridgehead atoms. The van der Waals surface area contributed by atoms with Gasteiger partial charge in [-0.3, -0.25) is 4.90 Å². The molecule has 0 atom stereocenters. The van der Waals surface area contributed by atoms with Gasteiger partial charge in [0.2, 0.25) is 0 Å². The van der Waals surface area contributed by atoms with Gasteiger partial charge in [-0.05, 0) is 24.6 Å². The van der Waals surface area contributed by atoms with Crippen LogP contribution in [0, 0.1) is 6.92 Å². The highest BCUT2D eigenvalue weighted by Crippen LogP contribution is 2.52. The van der Waals surface area contributed by atoms with Gasteiger partial charge in [-0.2, -0.15) is 0 Å². The molecule has 0 saturated carbocycles. The SMILES string of the molecule is Cc1ccccc1N1c2c(c(Cl)nc3c(OCCF)cccc23)CC1(OCCF)OCCF. The van der Waals surface area contributed by atoms with Crippen LogP contribution in [-0.4, -0.2) is 50.7 Å². The molecule has 0 spiro atoms. The fraction of sp³-hybridized carbons (Fsp3) is 0.375. The van der Waals surface area contributed by atoms with Crippen molar-refractivity contribution >= 4 is 33.9 Å². The minimum Gasteiger partial charge on any atom is -0.489 e. The number of alkyl halides is 3. The van der Waals surface area contributed by atoms with Gasteiger partial charge in [0.1, 0.15) is 43.0 Å². The molecule has 0 radical (unpaired) electrons. The number of ether oxygens (including phenoxy) is 3. The Kier molecular flexibility index (Phi) is 7.26. The van der Waals surface area contributed by atoms with E-state index in [0.717, 1.165) is 11.3 Å². The highest BCUT2D eigenvalue weighted by molar-refractivity contribution is 6.31. The minimum absolute atomic E-state index is 0.105. The number of para-hydroxylation sites is 2. The molecule has 0 saturated heterocycles. The summed E-state index contributed by atoms with van der Waals surface area (Å²) in [5.41, 5.74) is 3.33. The first-order chi connectivity index (χ1) is 16.1. The molecule has 0 aliphatic carbocycles. The Labute approximate surface area is 195 Å². The molecule has 1 aromatic heterocycles. The van der Waals surface area contributed by atoms with Crippen LogP contribution in [0.15, 0.2) is 42.5 Å². The number of benzene rings is 2. The molecule has 2 aromatic carbocycles. The topological polar surface area (TPSA) is 43.8 Å². The molecule has 3 aromatic rings. The number of halogens is 4. The average molecular weight is 481 g/mol. The summed E-state index contributed by atoms with van der Waals surface area (Å²) in [5, 5.41) is 0.852. The summed E-state index contributed by atoms with van der Waals surface area (Å²) >= 11 is 6.62. The van der Waals surface area contributed by atoms with Crippen LogP contribution in [0.25, 0.3) is 10.9 Å². The largest absolute Gasteiger partial charge is 0.489 e. The van der Waals surface area contributed by atoms with Crippen molar-refractivity contribution in [2.75, 3.05) is 44.7 Å². The second-order valence-electron chi connectivity index (χ2n) is 7.51. The molecule has 2 heterocycles. The molecule has 1 aliphatic heterocycles. The molecule has 1 aliphatic rings. The second-order valence-corrected chi connectivity index (χ2v) is 7.86. The van der Waals surface area contributed by atoms with Gasteiger partial charge >= 0.3 is 0 Å². The Morgan fingerprint density at radius 3 is 2.33 bits per heavy atom. The Balaban J connectivity index is 1.99. The van der Waals surface area contributed by atoms with Crippen LogP contribution in [-0.2, 0) is 15.9 Å². The highest BCUT2D eigenvalue weighted by Gasteiger charge is 2.50. The number of rotatable bonds is 10. The van der Waals surface area contributed by atoms with Crippen molar-refractivity contribution in [3.63, 3.8) is 0 Å². The lowest BCUT2D eigenvalue weighted by Crippen LogP contribution is -2.50. The number of aryl methyl sites for hydroxylation is 1. The number of hydrogen-bond donors (Lipinski definition) is 0. The fourth-order valence-corrected chi connectivity index (χ4v) is 4.43. The smallest absolute Gasteiger partial charge is 0.260 e. The first kappa shape index (κ1) is 23.6. The van der Waals surface area contributed by atoms with Gasteiger partial charge in [0.25, 0.3) is 5.91 Å². The lowest BCUT2D eigenvalue weighted by atomic mass is 10.1. The quantitative estimate of drug-likeness (QED) is 0.268. The van der Waals surface area contributed by atoms with Crippen molar-refractivity contribution < 1.29 is 27.4 Å². The van der Waals surface area contributed by atoms with Gasteiger partial charge < -0.3 is 14.2 Å². The Bertz CT molecular complexity index is 1120. The maximum atomic E-state index is 13.2. The van der Waals surface area contributed by atoms with Crippen molar-refractivity contribution in [3.05, 3.63) is 58.7 Å². The Hall–Kier alpha value is -2.55. The van der Waals surface area contributed by atoms with E-state index in [1.807, 2.05) is 37.3 Å².